The molecule has 0 bridgehead atoms. The van der Waals surface area contributed by atoms with Crippen molar-refractivity contribution in [2.45, 2.75) is 6.54 Å². The maximum absolute atomic E-state index is 5.68. The molecule has 0 saturated heterocycles. The van der Waals surface area contributed by atoms with Crippen molar-refractivity contribution in [3.05, 3.63) is 48.2 Å². The quantitative estimate of drug-likeness (QED) is 0.679. The van der Waals surface area contributed by atoms with Crippen molar-refractivity contribution >= 4 is 28.5 Å². The van der Waals surface area contributed by atoms with Crippen LogP contribution < -0.4 is 16.4 Å². The molecule has 0 atom stereocenters. The maximum Gasteiger partial charge on any atom is 0.223 e. The van der Waals surface area contributed by atoms with Crippen molar-refractivity contribution in [1.29, 1.82) is 0 Å². The number of nitrogens with two attached hydrogens (primary N) is 1. The lowest BCUT2D eigenvalue weighted by Crippen LogP contribution is -2.06. The van der Waals surface area contributed by atoms with E-state index in [1.54, 1.807) is 13.2 Å². The third-order valence-corrected chi connectivity index (χ3v) is 3.18. The summed E-state index contributed by atoms with van der Waals surface area (Å²) in [6, 6.07) is 11.9. The summed E-state index contributed by atoms with van der Waals surface area (Å²) in [4.78, 5) is 12.7. The Morgan fingerprint density at radius 1 is 1.10 bits per heavy atom. The normalized spacial score (nSPS) is 10.5. The molecule has 0 fully saturated rings. The molecule has 6 heteroatoms. The van der Waals surface area contributed by atoms with Gasteiger partial charge < -0.3 is 16.4 Å². The topological polar surface area (TPSA) is 88.8 Å². The number of nitrogen functional groups attached to an aromatic ring is 1. The third kappa shape index (κ3) is 2.84. The predicted octanol–water partition coefficient (Wildman–Crippen LogP) is 2.26. The SMILES string of the molecule is CNc1cc(NCc2cccc3cccnc23)nc(N)n1. The molecule has 6 nitrogen and oxygen atoms in total. The van der Waals surface area contributed by atoms with Crippen LogP contribution in [0.4, 0.5) is 17.6 Å². The minimum absolute atomic E-state index is 0.236. The Bertz CT molecular complexity index is 766. The third-order valence-electron chi connectivity index (χ3n) is 3.18. The van der Waals surface area contributed by atoms with E-state index in [0.717, 1.165) is 16.5 Å². The van der Waals surface area contributed by atoms with Crippen LogP contribution in [0.5, 0.6) is 0 Å². The number of anilines is 3. The average Bonchev–Trinajstić information content (AvgIpc) is 2.52. The molecule has 106 valence electrons. The lowest BCUT2D eigenvalue weighted by atomic mass is 10.1. The van der Waals surface area contributed by atoms with Crippen molar-refractivity contribution < 1.29 is 0 Å². The molecule has 0 aliphatic heterocycles. The number of benzene rings is 1. The highest BCUT2D eigenvalue weighted by atomic mass is 15.1. The van der Waals surface area contributed by atoms with Gasteiger partial charge in [-0.3, -0.25) is 4.98 Å². The predicted molar refractivity (Wildman–Crippen MR) is 85.1 cm³/mol. The number of aromatic nitrogens is 3. The van der Waals surface area contributed by atoms with E-state index in [1.807, 2.05) is 36.4 Å². The first kappa shape index (κ1) is 13.1. The molecule has 3 aromatic rings. The highest BCUT2D eigenvalue weighted by molar-refractivity contribution is 5.81. The highest BCUT2D eigenvalue weighted by Gasteiger charge is 2.04. The maximum atomic E-state index is 5.68. The van der Waals surface area contributed by atoms with Gasteiger partial charge in [-0.05, 0) is 11.6 Å². The summed E-state index contributed by atoms with van der Waals surface area (Å²) in [5.41, 5.74) is 7.78. The molecular weight excluding hydrogens is 264 g/mol. The molecule has 0 radical (unpaired) electrons. The van der Waals surface area contributed by atoms with Gasteiger partial charge in [0, 0.05) is 31.2 Å². The fraction of sp³-hybridized carbons (Fsp3) is 0.133. The number of nitrogens with zero attached hydrogens (tertiary/aromatic N) is 3. The minimum Gasteiger partial charge on any atom is -0.373 e. The number of hydrogen-bond donors (Lipinski definition) is 3. The standard InChI is InChI=1S/C15H16N6/c1-17-12-8-13(21-15(16)20-12)19-9-11-5-2-4-10-6-3-7-18-14(10)11/h2-8H,9H2,1H3,(H4,16,17,19,20,21). The van der Waals surface area contributed by atoms with E-state index < -0.39 is 0 Å². The van der Waals surface area contributed by atoms with E-state index in [9.17, 15) is 0 Å². The summed E-state index contributed by atoms with van der Waals surface area (Å²) in [6.45, 7) is 0.619. The van der Waals surface area contributed by atoms with Gasteiger partial charge in [-0.1, -0.05) is 24.3 Å². The van der Waals surface area contributed by atoms with Gasteiger partial charge in [0.25, 0.3) is 0 Å². The Morgan fingerprint density at radius 2 is 1.90 bits per heavy atom. The monoisotopic (exact) mass is 280 g/mol. The number of pyridine rings is 1. The smallest absolute Gasteiger partial charge is 0.223 e. The molecule has 0 aliphatic carbocycles. The molecule has 0 saturated carbocycles. The molecule has 21 heavy (non-hydrogen) atoms. The zero-order chi connectivity index (χ0) is 14.7. The van der Waals surface area contributed by atoms with Crippen molar-refractivity contribution in [1.82, 2.24) is 15.0 Å². The second-order valence-corrected chi connectivity index (χ2v) is 4.59. The number of nitrogens with one attached hydrogen (secondary N) is 2. The van der Waals surface area contributed by atoms with Crippen molar-refractivity contribution in [2.75, 3.05) is 23.4 Å². The van der Waals surface area contributed by atoms with Crippen molar-refractivity contribution in [2.24, 2.45) is 0 Å². The number of hydrogen-bond acceptors (Lipinski definition) is 6. The average molecular weight is 280 g/mol. The van der Waals surface area contributed by atoms with E-state index >= 15 is 0 Å². The number of fused-ring (bicyclic) bond motifs is 1. The molecule has 2 aromatic heterocycles. The van der Waals surface area contributed by atoms with Crippen LogP contribution in [0, 0.1) is 0 Å². The van der Waals surface area contributed by atoms with Crippen molar-refractivity contribution in [3.8, 4) is 0 Å². The van der Waals surface area contributed by atoms with Crippen LogP contribution in [-0.2, 0) is 6.54 Å². The van der Waals surface area contributed by atoms with E-state index in [1.165, 1.54) is 0 Å². The van der Waals surface area contributed by atoms with Gasteiger partial charge >= 0.3 is 0 Å². The van der Waals surface area contributed by atoms with Gasteiger partial charge in [0.15, 0.2) is 0 Å². The van der Waals surface area contributed by atoms with E-state index in [2.05, 4.69) is 25.6 Å². The largest absolute Gasteiger partial charge is 0.373 e. The van der Waals surface area contributed by atoms with Gasteiger partial charge in [-0.2, -0.15) is 9.97 Å². The fourth-order valence-electron chi connectivity index (χ4n) is 2.18. The van der Waals surface area contributed by atoms with Gasteiger partial charge in [0.2, 0.25) is 5.95 Å². The van der Waals surface area contributed by atoms with Gasteiger partial charge in [0.1, 0.15) is 11.6 Å². The lowest BCUT2D eigenvalue weighted by Gasteiger charge is -2.09. The van der Waals surface area contributed by atoms with Gasteiger partial charge in [0.05, 0.1) is 5.52 Å². The number of para-hydroxylation sites is 1. The summed E-state index contributed by atoms with van der Waals surface area (Å²) in [6.07, 6.45) is 1.80. The molecule has 2 heterocycles. The Kier molecular flexibility index (Phi) is 3.51. The first-order valence-electron chi connectivity index (χ1n) is 6.65. The Hall–Kier alpha value is -2.89. The van der Waals surface area contributed by atoms with Crippen LogP contribution in [0.2, 0.25) is 0 Å². The van der Waals surface area contributed by atoms with Crippen LogP contribution >= 0.6 is 0 Å². The highest BCUT2D eigenvalue weighted by Crippen LogP contribution is 2.18. The van der Waals surface area contributed by atoms with E-state index in [-0.39, 0.29) is 5.95 Å². The Balaban J connectivity index is 1.85. The summed E-state index contributed by atoms with van der Waals surface area (Å²) in [7, 11) is 1.79. The molecule has 0 aliphatic rings. The molecule has 4 N–H and O–H groups in total. The Morgan fingerprint density at radius 3 is 2.76 bits per heavy atom. The summed E-state index contributed by atoms with van der Waals surface area (Å²) in [5.74, 6) is 1.60. The Labute approximate surface area is 122 Å². The summed E-state index contributed by atoms with van der Waals surface area (Å²) >= 11 is 0. The second kappa shape index (κ2) is 5.62. The molecule has 1 aromatic carbocycles. The van der Waals surface area contributed by atoms with Gasteiger partial charge in [-0.25, -0.2) is 0 Å². The number of rotatable bonds is 4. The van der Waals surface area contributed by atoms with Crippen LogP contribution in [-0.4, -0.2) is 22.0 Å². The zero-order valence-corrected chi connectivity index (χ0v) is 11.7. The molecule has 0 unspecified atom stereocenters. The fourth-order valence-corrected chi connectivity index (χ4v) is 2.18. The van der Waals surface area contributed by atoms with Crippen LogP contribution in [0.25, 0.3) is 10.9 Å². The summed E-state index contributed by atoms with van der Waals surface area (Å²) in [5, 5.41) is 7.33. The second-order valence-electron chi connectivity index (χ2n) is 4.59. The first-order valence-corrected chi connectivity index (χ1v) is 6.65. The molecule has 3 rings (SSSR count). The lowest BCUT2D eigenvalue weighted by molar-refractivity contribution is 1.09. The molecular formula is C15H16N6. The van der Waals surface area contributed by atoms with Crippen LogP contribution in [0.15, 0.2) is 42.6 Å². The summed E-state index contributed by atoms with van der Waals surface area (Å²) < 4.78 is 0. The van der Waals surface area contributed by atoms with Crippen molar-refractivity contribution in [3.63, 3.8) is 0 Å². The minimum atomic E-state index is 0.236. The van der Waals surface area contributed by atoms with E-state index in [0.29, 0.717) is 18.2 Å². The van der Waals surface area contributed by atoms with Crippen LogP contribution in [0.3, 0.4) is 0 Å². The molecule has 0 spiro atoms. The van der Waals surface area contributed by atoms with Crippen LogP contribution in [0.1, 0.15) is 5.56 Å². The first-order chi connectivity index (χ1) is 10.3. The van der Waals surface area contributed by atoms with E-state index in [4.69, 9.17) is 5.73 Å². The van der Waals surface area contributed by atoms with Gasteiger partial charge in [-0.15, -0.1) is 0 Å². The zero-order valence-electron chi connectivity index (χ0n) is 11.7. The molecule has 0 amide bonds.